The van der Waals surface area contributed by atoms with Crippen molar-refractivity contribution in [2.75, 3.05) is 6.61 Å². The Balaban J connectivity index is 2.90. The standard InChI is InChI=1S/C11H10N2O3/c1-2-3-6-16-10-5-4-9(8-12)11(7-10)13(14)15/h2,4-5,7H,1,3,6H2. The Hall–Kier alpha value is -2.35. The summed E-state index contributed by atoms with van der Waals surface area (Å²) in [6, 6.07) is 5.92. The summed E-state index contributed by atoms with van der Waals surface area (Å²) >= 11 is 0. The van der Waals surface area contributed by atoms with E-state index in [1.54, 1.807) is 12.1 Å². The molecule has 0 amide bonds. The van der Waals surface area contributed by atoms with E-state index in [1.165, 1.54) is 18.2 Å². The molecule has 0 radical (unpaired) electrons. The van der Waals surface area contributed by atoms with Gasteiger partial charge in [0, 0.05) is 0 Å². The average molecular weight is 218 g/mol. The monoisotopic (exact) mass is 218 g/mol. The molecule has 0 aliphatic heterocycles. The van der Waals surface area contributed by atoms with Gasteiger partial charge in [0.25, 0.3) is 5.69 Å². The van der Waals surface area contributed by atoms with Gasteiger partial charge in [0.05, 0.1) is 17.6 Å². The summed E-state index contributed by atoms with van der Waals surface area (Å²) in [5.74, 6) is 0.382. The molecule has 0 spiro atoms. The fourth-order valence-corrected chi connectivity index (χ4v) is 1.11. The summed E-state index contributed by atoms with van der Waals surface area (Å²) in [6.45, 7) is 3.94. The van der Waals surface area contributed by atoms with E-state index in [2.05, 4.69) is 6.58 Å². The third-order valence-electron chi connectivity index (χ3n) is 1.88. The number of hydrogen-bond donors (Lipinski definition) is 0. The maximum Gasteiger partial charge on any atom is 0.290 e. The van der Waals surface area contributed by atoms with Gasteiger partial charge in [0.1, 0.15) is 17.4 Å². The van der Waals surface area contributed by atoms with Crippen molar-refractivity contribution in [2.45, 2.75) is 6.42 Å². The third kappa shape index (κ3) is 2.82. The number of nitrogens with zero attached hydrogens (tertiary/aromatic N) is 2. The largest absolute Gasteiger partial charge is 0.493 e. The lowest BCUT2D eigenvalue weighted by Gasteiger charge is -2.04. The van der Waals surface area contributed by atoms with Crippen LogP contribution in [0.15, 0.2) is 30.9 Å². The van der Waals surface area contributed by atoms with Crippen molar-refractivity contribution in [1.82, 2.24) is 0 Å². The number of benzene rings is 1. The van der Waals surface area contributed by atoms with Gasteiger partial charge in [-0.05, 0) is 18.6 Å². The van der Waals surface area contributed by atoms with E-state index in [0.717, 1.165) is 0 Å². The third-order valence-corrected chi connectivity index (χ3v) is 1.88. The minimum absolute atomic E-state index is 0.0288. The van der Waals surface area contributed by atoms with Crippen molar-refractivity contribution >= 4 is 5.69 Å². The Labute approximate surface area is 92.7 Å². The topological polar surface area (TPSA) is 76.2 Å². The van der Waals surface area contributed by atoms with Gasteiger partial charge >= 0.3 is 0 Å². The SMILES string of the molecule is C=CCCOc1ccc(C#N)c([N+](=O)[O-])c1. The van der Waals surface area contributed by atoms with Crippen molar-refractivity contribution in [2.24, 2.45) is 0 Å². The Kier molecular flexibility index (Phi) is 4.04. The van der Waals surface area contributed by atoms with E-state index >= 15 is 0 Å². The van der Waals surface area contributed by atoms with Gasteiger partial charge in [0.2, 0.25) is 0 Å². The first-order valence-corrected chi connectivity index (χ1v) is 4.61. The first-order valence-electron chi connectivity index (χ1n) is 4.61. The molecule has 82 valence electrons. The lowest BCUT2D eigenvalue weighted by atomic mass is 10.2. The zero-order valence-electron chi connectivity index (χ0n) is 8.55. The number of hydrogen-bond acceptors (Lipinski definition) is 4. The number of ether oxygens (including phenoxy) is 1. The summed E-state index contributed by atoms with van der Waals surface area (Å²) < 4.78 is 5.25. The van der Waals surface area contributed by atoms with Gasteiger partial charge in [-0.3, -0.25) is 10.1 Å². The molecule has 0 aliphatic carbocycles. The number of nitriles is 1. The van der Waals surface area contributed by atoms with Crippen LogP contribution in [0.1, 0.15) is 12.0 Å². The second-order valence-electron chi connectivity index (χ2n) is 2.97. The first kappa shape index (κ1) is 11.7. The molecule has 0 saturated carbocycles. The molecule has 1 aromatic rings. The van der Waals surface area contributed by atoms with Crippen LogP contribution in [0.4, 0.5) is 5.69 Å². The zero-order chi connectivity index (χ0) is 12.0. The van der Waals surface area contributed by atoms with Crippen molar-refractivity contribution in [3.8, 4) is 11.8 Å². The highest BCUT2D eigenvalue weighted by molar-refractivity contribution is 5.52. The number of rotatable bonds is 5. The van der Waals surface area contributed by atoms with E-state index in [1.807, 2.05) is 0 Å². The van der Waals surface area contributed by atoms with Crippen LogP contribution < -0.4 is 4.74 Å². The minimum atomic E-state index is -0.598. The van der Waals surface area contributed by atoms with E-state index in [-0.39, 0.29) is 11.3 Å². The molecule has 0 atom stereocenters. The Morgan fingerprint density at radius 2 is 2.38 bits per heavy atom. The average Bonchev–Trinajstić information content (AvgIpc) is 2.29. The molecule has 0 aromatic heterocycles. The van der Waals surface area contributed by atoms with E-state index < -0.39 is 4.92 Å². The normalized spacial score (nSPS) is 9.19. The highest BCUT2D eigenvalue weighted by Gasteiger charge is 2.14. The van der Waals surface area contributed by atoms with Gasteiger partial charge in [-0.1, -0.05) is 6.08 Å². The number of nitro groups is 1. The molecule has 5 nitrogen and oxygen atoms in total. The molecule has 0 aliphatic rings. The summed E-state index contributed by atoms with van der Waals surface area (Å²) in [5, 5.41) is 19.3. The van der Waals surface area contributed by atoms with Gasteiger partial charge in [-0.15, -0.1) is 6.58 Å². The van der Waals surface area contributed by atoms with Gasteiger partial charge < -0.3 is 4.74 Å². The van der Waals surface area contributed by atoms with Crippen molar-refractivity contribution in [3.05, 3.63) is 46.5 Å². The molecule has 5 heteroatoms. The molecule has 0 fully saturated rings. The summed E-state index contributed by atoms with van der Waals surface area (Å²) in [7, 11) is 0. The molecule has 1 rings (SSSR count). The molecule has 0 saturated heterocycles. The Morgan fingerprint density at radius 1 is 1.62 bits per heavy atom. The maximum absolute atomic E-state index is 10.6. The van der Waals surface area contributed by atoms with Crippen molar-refractivity contribution in [3.63, 3.8) is 0 Å². The quantitative estimate of drug-likeness (QED) is 0.329. The fraction of sp³-hybridized carbons (Fsp3) is 0.182. The van der Waals surface area contributed by atoms with Gasteiger partial charge in [-0.2, -0.15) is 5.26 Å². The van der Waals surface area contributed by atoms with Crippen LogP contribution in [0.5, 0.6) is 5.75 Å². The molecule has 0 N–H and O–H groups in total. The Bertz CT molecular complexity index is 449. The van der Waals surface area contributed by atoms with Crippen LogP contribution >= 0.6 is 0 Å². The van der Waals surface area contributed by atoms with Gasteiger partial charge in [-0.25, -0.2) is 0 Å². The Morgan fingerprint density at radius 3 is 2.94 bits per heavy atom. The predicted molar refractivity (Wildman–Crippen MR) is 58.1 cm³/mol. The summed E-state index contributed by atoms with van der Waals surface area (Å²) in [5.41, 5.74) is -0.209. The number of nitro benzene ring substituents is 1. The zero-order valence-corrected chi connectivity index (χ0v) is 8.55. The molecule has 0 bridgehead atoms. The highest BCUT2D eigenvalue weighted by Crippen LogP contribution is 2.24. The van der Waals surface area contributed by atoms with Crippen LogP contribution in [0.25, 0.3) is 0 Å². The van der Waals surface area contributed by atoms with Crippen LogP contribution in [0.2, 0.25) is 0 Å². The predicted octanol–water partition coefficient (Wildman–Crippen LogP) is 2.42. The van der Waals surface area contributed by atoms with Crippen LogP contribution in [-0.4, -0.2) is 11.5 Å². The first-order chi connectivity index (χ1) is 7.69. The molecular formula is C11H10N2O3. The molecule has 16 heavy (non-hydrogen) atoms. The fourth-order valence-electron chi connectivity index (χ4n) is 1.11. The molecule has 0 heterocycles. The molecule has 0 unspecified atom stereocenters. The van der Waals surface area contributed by atoms with Crippen LogP contribution in [-0.2, 0) is 0 Å². The minimum Gasteiger partial charge on any atom is -0.493 e. The second-order valence-corrected chi connectivity index (χ2v) is 2.97. The maximum atomic E-state index is 10.6. The highest BCUT2D eigenvalue weighted by atomic mass is 16.6. The van der Waals surface area contributed by atoms with E-state index in [0.29, 0.717) is 18.8 Å². The second kappa shape index (κ2) is 5.51. The smallest absolute Gasteiger partial charge is 0.290 e. The van der Waals surface area contributed by atoms with Crippen LogP contribution in [0.3, 0.4) is 0 Å². The lowest BCUT2D eigenvalue weighted by molar-refractivity contribution is -0.385. The molecular weight excluding hydrogens is 208 g/mol. The van der Waals surface area contributed by atoms with Crippen LogP contribution in [0, 0.1) is 21.4 Å². The lowest BCUT2D eigenvalue weighted by Crippen LogP contribution is -1.98. The molecule has 1 aromatic carbocycles. The van der Waals surface area contributed by atoms with Crippen molar-refractivity contribution in [1.29, 1.82) is 5.26 Å². The van der Waals surface area contributed by atoms with E-state index in [9.17, 15) is 10.1 Å². The van der Waals surface area contributed by atoms with Gasteiger partial charge in [0.15, 0.2) is 0 Å². The van der Waals surface area contributed by atoms with Crippen molar-refractivity contribution < 1.29 is 9.66 Å². The van der Waals surface area contributed by atoms with E-state index in [4.69, 9.17) is 10.00 Å². The summed E-state index contributed by atoms with van der Waals surface area (Å²) in [4.78, 5) is 10.0. The summed E-state index contributed by atoms with van der Waals surface area (Å²) in [6.07, 6.45) is 2.35.